The van der Waals surface area contributed by atoms with Crippen LogP contribution >= 0.6 is 0 Å². The van der Waals surface area contributed by atoms with E-state index in [2.05, 4.69) is 20.2 Å². The number of para-hydroxylation sites is 1. The van der Waals surface area contributed by atoms with Gasteiger partial charge in [0.2, 0.25) is 0 Å². The minimum atomic E-state index is 0.155. The number of morpholine rings is 1. The molecule has 24 heavy (non-hydrogen) atoms. The van der Waals surface area contributed by atoms with Crippen LogP contribution in [0.25, 0.3) is 5.69 Å². The monoisotopic (exact) mass is 324 g/mol. The molecule has 0 bridgehead atoms. The van der Waals surface area contributed by atoms with Crippen molar-refractivity contribution in [1.82, 2.24) is 29.7 Å². The first-order chi connectivity index (χ1) is 11.9. The summed E-state index contributed by atoms with van der Waals surface area (Å²) in [4.78, 5) is 4.04. The van der Waals surface area contributed by atoms with Gasteiger partial charge in [-0.1, -0.05) is 18.2 Å². The van der Waals surface area contributed by atoms with Gasteiger partial charge >= 0.3 is 0 Å². The molecule has 1 aliphatic heterocycles. The molecule has 3 heterocycles. The van der Waals surface area contributed by atoms with Crippen LogP contribution in [-0.4, -0.2) is 55.5 Å². The minimum Gasteiger partial charge on any atom is -0.374 e. The van der Waals surface area contributed by atoms with Crippen LogP contribution in [0.1, 0.15) is 5.69 Å². The Balaban J connectivity index is 1.37. The third-order valence-electron chi connectivity index (χ3n) is 4.08. The van der Waals surface area contributed by atoms with Crippen molar-refractivity contribution in [1.29, 1.82) is 0 Å². The van der Waals surface area contributed by atoms with E-state index >= 15 is 0 Å². The van der Waals surface area contributed by atoms with Gasteiger partial charge < -0.3 is 4.74 Å². The third kappa shape index (κ3) is 3.52. The first-order valence-corrected chi connectivity index (χ1v) is 8.15. The lowest BCUT2D eigenvalue weighted by atomic mass is 10.2. The van der Waals surface area contributed by atoms with Crippen LogP contribution in [-0.2, 0) is 17.8 Å². The lowest BCUT2D eigenvalue weighted by Crippen LogP contribution is -2.43. The lowest BCUT2D eigenvalue weighted by molar-refractivity contribution is -0.0405. The molecule has 2 aromatic heterocycles. The first kappa shape index (κ1) is 15.0. The van der Waals surface area contributed by atoms with Crippen molar-refractivity contribution >= 4 is 0 Å². The summed E-state index contributed by atoms with van der Waals surface area (Å²) in [6.07, 6.45) is 5.75. The zero-order chi connectivity index (χ0) is 16.2. The molecule has 1 atom stereocenters. The van der Waals surface area contributed by atoms with Crippen molar-refractivity contribution in [2.45, 2.75) is 19.2 Å². The van der Waals surface area contributed by atoms with Crippen LogP contribution in [0.5, 0.6) is 0 Å². The molecule has 3 aromatic rings. The molecule has 4 rings (SSSR count). The van der Waals surface area contributed by atoms with Crippen molar-refractivity contribution in [2.24, 2.45) is 0 Å². The van der Waals surface area contributed by atoms with Crippen molar-refractivity contribution < 1.29 is 4.74 Å². The van der Waals surface area contributed by atoms with E-state index < -0.39 is 0 Å². The molecule has 0 radical (unpaired) electrons. The molecule has 124 valence electrons. The Morgan fingerprint density at radius 3 is 2.88 bits per heavy atom. The summed E-state index contributed by atoms with van der Waals surface area (Å²) >= 11 is 0. The Labute approximate surface area is 140 Å². The molecule has 0 saturated carbocycles. The van der Waals surface area contributed by atoms with Gasteiger partial charge in [0.1, 0.15) is 0 Å². The van der Waals surface area contributed by atoms with Gasteiger partial charge in [-0.05, 0) is 18.2 Å². The second-order valence-corrected chi connectivity index (χ2v) is 5.92. The minimum absolute atomic E-state index is 0.155. The molecular weight excluding hydrogens is 304 g/mol. The predicted octanol–water partition coefficient (Wildman–Crippen LogP) is 1.36. The molecule has 0 amide bonds. The quantitative estimate of drug-likeness (QED) is 0.709. The highest BCUT2D eigenvalue weighted by molar-refractivity contribution is 5.28. The van der Waals surface area contributed by atoms with Gasteiger partial charge in [-0.3, -0.25) is 9.58 Å². The van der Waals surface area contributed by atoms with Gasteiger partial charge in [0.25, 0.3) is 0 Å². The number of nitrogens with zero attached hydrogens (tertiary/aromatic N) is 6. The lowest BCUT2D eigenvalue weighted by Gasteiger charge is -2.32. The molecule has 0 spiro atoms. The number of benzene rings is 1. The summed E-state index contributed by atoms with van der Waals surface area (Å²) in [6.45, 7) is 4.08. The smallest absolute Gasteiger partial charge is 0.0971 e. The average molecular weight is 324 g/mol. The number of ether oxygens (including phenoxy) is 1. The maximum absolute atomic E-state index is 5.85. The normalized spacial score (nSPS) is 18.8. The fraction of sp³-hybridized carbons (Fsp3) is 0.353. The fourth-order valence-corrected chi connectivity index (χ4v) is 2.93. The van der Waals surface area contributed by atoms with E-state index in [0.29, 0.717) is 0 Å². The predicted molar refractivity (Wildman–Crippen MR) is 88.6 cm³/mol. The van der Waals surface area contributed by atoms with Crippen LogP contribution < -0.4 is 0 Å². The van der Waals surface area contributed by atoms with Crippen molar-refractivity contribution in [3.05, 3.63) is 60.7 Å². The third-order valence-corrected chi connectivity index (χ3v) is 4.08. The Bertz CT molecular complexity index is 755. The summed E-state index contributed by atoms with van der Waals surface area (Å²) < 4.78 is 7.77. The van der Waals surface area contributed by atoms with Crippen LogP contribution in [0.15, 0.2) is 55.0 Å². The van der Waals surface area contributed by atoms with Gasteiger partial charge in [-0.15, -0.1) is 0 Å². The van der Waals surface area contributed by atoms with Crippen molar-refractivity contribution in [3.63, 3.8) is 0 Å². The van der Waals surface area contributed by atoms with Gasteiger partial charge in [0.05, 0.1) is 36.8 Å². The summed E-state index contributed by atoms with van der Waals surface area (Å²) in [5.74, 6) is 0. The number of hydrogen-bond acceptors (Lipinski definition) is 5. The fourth-order valence-electron chi connectivity index (χ4n) is 2.93. The van der Waals surface area contributed by atoms with Crippen LogP contribution in [0.3, 0.4) is 0 Å². The topological polar surface area (TPSA) is 61.0 Å². The highest BCUT2D eigenvalue weighted by Gasteiger charge is 2.21. The number of rotatable bonds is 5. The van der Waals surface area contributed by atoms with E-state index in [9.17, 15) is 0 Å². The summed E-state index contributed by atoms with van der Waals surface area (Å²) in [5.41, 5.74) is 1.95. The van der Waals surface area contributed by atoms with Gasteiger partial charge in [-0.2, -0.15) is 20.1 Å². The van der Waals surface area contributed by atoms with Gasteiger partial charge in [-0.25, -0.2) is 0 Å². The summed E-state index contributed by atoms with van der Waals surface area (Å²) in [7, 11) is 0. The molecule has 1 aromatic carbocycles. The molecule has 1 saturated heterocycles. The SMILES string of the molecule is c1ccc(-n2ncc(CN3CCO[C@@H](Cn4cccn4)C3)n2)cc1. The molecule has 1 aliphatic rings. The van der Waals surface area contributed by atoms with Gasteiger partial charge in [0, 0.05) is 32.0 Å². The Morgan fingerprint density at radius 1 is 1.12 bits per heavy atom. The summed E-state index contributed by atoms with van der Waals surface area (Å²) in [6, 6.07) is 11.9. The Kier molecular flexibility index (Phi) is 4.35. The number of aromatic nitrogens is 5. The number of hydrogen-bond donors (Lipinski definition) is 0. The van der Waals surface area contributed by atoms with Crippen LogP contribution in [0, 0.1) is 0 Å². The largest absolute Gasteiger partial charge is 0.374 e. The second-order valence-electron chi connectivity index (χ2n) is 5.92. The molecular formula is C17H20N6O. The van der Waals surface area contributed by atoms with Crippen LogP contribution in [0.4, 0.5) is 0 Å². The maximum Gasteiger partial charge on any atom is 0.0971 e. The van der Waals surface area contributed by atoms with Crippen molar-refractivity contribution in [3.8, 4) is 5.69 Å². The molecule has 7 nitrogen and oxygen atoms in total. The highest BCUT2D eigenvalue weighted by Crippen LogP contribution is 2.11. The second kappa shape index (κ2) is 6.94. The molecule has 0 N–H and O–H groups in total. The summed E-state index contributed by atoms with van der Waals surface area (Å²) in [5, 5.41) is 13.2. The Hall–Kier alpha value is -2.51. The van der Waals surface area contributed by atoms with E-state index in [1.165, 1.54) is 0 Å². The maximum atomic E-state index is 5.85. The first-order valence-electron chi connectivity index (χ1n) is 8.15. The van der Waals surface area contributed by atoms with E-state index in [1.54, 1.807) is 11.0 Å². The van der Waals surface area contributed by atoms with E-state index in [1.807, 2.05) is 53.5 Å². The highest BCUT2D eigenvalue weighted by atomic mass is 16.5. The zero-order valence-corrected chi connectivity index (χ0v) is 13.4. The molecule has 0 aliphatic carbocycles. The Morgan fingerprint density at radius 2 is 2.04 bits per heavy atom. The van der Waals surface area contributed by atoms with Crippen molar-refractivity contribution in [2.75, 3.05) is 19.7 Å². The average Bonchev–Trinajstić information content (AvgIpc) is 3.28. The molecule has 1 fully saturated rings. The van der Waals surface area contributed by atoms with Gasteiger partial charge in [0.15, 0.2) is 0 Å². The van der Waals surface area contributed by atoms with E-state index in [0.717, 1.165) is 44.2 Å². The standard InChI is InChI=1S/C17H20N6O/c1-2-5-16(6-3-1)23-19-11-15(20-23)12-21-9-10-24-17(13-21)14-22-8-4-7-18-22/h1-8,11,17H,9-10,12-14H2/t17-/m1/s1. The van der Waals surface area contributed by atoms with E-state index in [4.69, 9.17) is 4.74 Å². The molecule has 0 unspecified atom stereocenters. The van der Waals surface area contributed by atoms with Crippen LogP contribution in [0.2, 0.25) is 0 Å². The zero-order valence-electron chi connectivity index (χ0n) is 13.4. The molecule has 7 heteroatoms. The van der Waals surface area contributed by atoms with E-state index in [-0.39, 0.29) is 6.10 Å².